The molecule has 1 unspecified atom stereocenters. The second-order valence-corrected chi connectivity index (χ2v) is 7.86. The highest BCUT2D eigenvalue weighted by Gasteiger charge is 2.31. The predicted molar refractivity (Wildman–Crippen MR) is 95.4 cm³/mol. The Morgan fingerprint density at radius 2 is 1.75 bits per heavy atom. The van der Waals surface area contributed by atoms with Crippen LogP contribution in [0.4, 0.5) is 0 Å². The van der Waals surface area contributed by atoms with Crippen molar-refractivity contribution in [3.63, 3.8) is 0 Å². The van der Waals surface area contributed by atoms with Gasteiger partial charge >= 0.3 is 11.9 Å². The van der Waals surface area contributed by atoms with Crippen LogP contribution in [0, 0.1) is 25.7 Å². The molecule has 0 radical (unpaired) electrons. The smallest absolute Gasteiger partial charge is 0.314 e. The highest BCUT2D eigenvalue weighted by Crippen LogP contribution is 2.38. The third-order valence-electron chi connectivity index (χ3n) is 4.15. The summed E-state index contributed by atoms with van der Waals surface area (Å²) in [6, 6.07) is 3.82. The van der Waals surface area contributed by atoms with Crippen LogP contribution in [-0.2, 0) is 15.0 Å². The van der Waals surface area contributed by atoms with E-state index in [9.17, 15) is 14.7 Å². The second kappa shape index (κ2) is 7.82. The maximum absolute atomic E-state index is 12.4. The molecule has 0 bridgehead atoms. The lowest BCUT2D eigenvalue weighted by atomic mass is 9.78. The number of aryl methyl sites for hydroxylation is 2. The van der Waals surface area contributed by atoms with Crippen molar-refractivity contribution in [2.45, 2.75) is 66.7 Å². The normalized spacial score (nSPS) is 13.0. The largest absolute Gasteiger partial charge is 0.481 e. The van der Waals surface area contributed by atoms with Gasteiger partial charge in [0.25, 0.3) is 0 Å². The number of carboxylic acid groups (broad SMARTS) is 1. The minimum absolute atomic E-state index is 0.0248. The van der Waals surface area contributed by atoms with Gasteiger partial charge in [-0.15, -0.1) is 0 Å². The van der Waals surface area contributed by atoms with Crippen LogP contribution in [0.15, 0.2) is 12.1 Å². The molecule has 1 N–H and O–H groups in total. The summed E-state index contributed by atoms with van der Waals surface area (Å²) in [6.07, 6.45) is 0.737. The Morgan fingerprint density at radius 1 is 1.17 bits per heavy atom. The highest BCUT2D eigenvalue weighted by atomic mass is 16.5. The summed E-state index contributed by atoms with van der Waals surface area (Å²) in [5.41, 5.74) is 2.10. The molecule has 4 heteroatoms. The standard InChI is InChI=1S/C20H30O4/c1-12(2)8-15(5)19(23)24-16-10-13(3)9-14(4)18(16)20(6,7)11-17(21)22/h9-10,12,15H,8,11H2,1-7H3,(H,21,22). The van der Waals surface area contributed by atoms with E-state index >= 15 is 0 Å². The van der Waals surface area contributed by atoms with Gasteiger partial charge in [0.2, 0.25) is 0 Å². The van der Waals surface area contributed by atoms with Gasteiger partial charge in [-0.3, -0.25) is 9.59 Å². The summed E-state index contributed by atoms with van der Waals surface area (Å²) in [6.45, 7) is 13.6. The van der Waals surface area contributed by atoms with Crippen LogP contribution >= 0.6 is 0 Å². The van der Waals surface area contributed by atoms with Gasteiger partial charge in [-0.25, -0.2) is 0 Å². The van der Waals surface area contributed by atoms with E-state index in [2.05, 4.69) is 13.8 Å². The molecule has 0 spiro atoms. The zero-order chi connectivity index (χ0) is 18.7. The molecular formula is C20H30O4. The molecule has 1 aromatic rings. The van der Waals surface area contributed by atoms with Gasteiger partial charge < -0.3 is 9.84 Å². The molecular weight excluding hydrogens is 304 g/mol. The molecule has 0 fully saturated rings. The van der Waals surface area contributed by atoms with E-state index in [0.29, 0.717) is 11.7 Å². The van der Waals surface area contributed by atoms with Gasteiger partial charge in [0.1, 0.15) is 5.75 Å². The Balaban J connectivity index is 3.23. The van der Waals surface area contributed by atoms with E-state index in [1.54, 1.807) is 0 Å². The van der Waals surface area contributed by atoms with E-state index in [1.165, 1.54) is 0 Å². The summed E-state index contributed by atoms with van der Waals surface area (Å²) >= 11 is 0. The third-order valence-corrected chi connectivity index (χ3v) is 4.15. The third kappa shape index (κ3) is 5.36. The van der Waals surface area contributed by atoms with E-state index in [4.69, 9.17) is 4.74 Å². The van der Waals surface area contributed by atoms with Crippen molar-refractivity contribution in [1.29, 1.82) is 0 Å². The van der Waals surface area contributed by atoms with E-state index in [-0.39, 0.29) is 18.3 Å². The van der Waals surface area contributed by atoms with Crippen molar-refractivity contribution in [2.75, 3.05) is 0 Å². The fourth-order valence-electron chi connectivity index (χ4n) is 3.36. The van der Waals surface area contributed by atoms with Crippen LogP contribution in [0.25, 0.3) is 0 Å². The molecule has 0 aromatic heterocycles. The summed E-state index contributed by atoms with van der Waals surface area (Å²) in [7, 11) is 0. The van der Waals surface area contributed by atoms with Crippen LogP contribution in [0.2, 0.25) is 0 Å². The fourth-order valence-corrected chi connectivity index (χ4v) is 3.36. The van der Waals surface area contributed by atoms with Crippen molar-refractivity contribution < 1.29 is 19.4 Å². The molecule has 1 rings (SSSR count). The summed E-state index contributed by atoms with van der Waals surface area (Å²) < 4.78 is 5.71. The summed E-state index contributed by atoms with van der Waals surface area (Å²) in [5.74, 6) is -0.429. The van der Waals surface area contributed by atoms with Crippen molar-refractivity contribution in [2.24, 2.45) is 11.8 Å². The first-order valence-corrected chi connectivity index (χ1v) is 8.49. The van der Waals surface area contributed by atoms with Gasteiger partial charge in [-0.2, -0.15) is 0 Å². The molecule has 0 amide bonds. The van der Waals surface area contributed by atoms with Crippen LogP contribution < -0.4 is 4.74 Å². The van der Waals surface area contributed by atoms with E-state index in [1.807, 2.05) is 46.8 Å². The topological polar surface area (TPSA) is 63.6 Å². The Bertz CT molecular complexity index is 614. The van der Waals surface area contributed by atoms with Crippen LogP contribution in [0.5, 0.6) is 5.75 Å². The maximum atomic E-state index is 12.4. The number of hydrogen-bond acceptors (Lipinski definition) is 3. The second-order valence-electron chi connectivity index (χ2n) is 7.86. The van der Waals surface area contributed by atoms with Crippen LogP contribution in [0.1, 0.15) is 64.2 Å². The molecule has 0 saturated carbocycles. The first-order valence-electron chi connectivity index (χ1n) is 8.49. The lowest BCUT2D eigenvalue weighted by Gasteiger charge is -2.28. The first-order chi connectivity index (χ1) is 10.9. The maximum Gasteiger partial charge on any atom is 0.314 e. The number of carbonyl (C=O) groups excluding carboxylic acids is 1. The monoisotopic (exact) mass is 334 g/mol. The van der Waals surface area contributed by atoms with Crippen molar-refractivity contribution in [3.05, 3.63) is 28.8 Å². The quantitative estimate of drug-likeness (QED) is 0.582. The number of carbonyl (C=O) groups is 2. The molecule has 0 saturated heterocycles. The van der Waals surface area contributed by atoms with Crippen molar-refractivity contribution >= 4 is 11.9 Å². The number of rotatable bonds is 7. The zero-order valence-electron chi connectivity index (χ0n) is 15.9. The lowest BCUT2D eigenvalue weighted by Crippen LogP contribution is -2.26. The highest BCUT2D eigenvalue weighted by molar-refractivity contribution is 5.76. The molecule has 4 nitrogen and oxygen atoms in total. The van der Waals surface area contributed by atoms with Gasteiger partial charge in [-0.05, 0) is 43.4 Å². The molecule has 0 aliphatic rings. The van der Waals surface area contributed by atoms with Gasteiger partial charge in [-0.1, -0.05) is 40.7 Å². The molecule has 0 aliphatic carbocycles. The average Bonchev–Trinajstić information content (AvgIpc) is 2.34. The summed E-state index contributed by atoms with van der Waals surface area (Å²) in [4.78, 5) is 23.7. The van der Waals surface area contributed by atoms with Crippen LogP contribution in [0.3, 0.4) is 0 Å². The van der Waals surface area contributed by atoms with Crippen LogP contribution in [-0.4, -0.2) is 17.0 Å². The molecule has 0 aliphatic heterocycles. The molecule has 0 heterocycles. The Morgan fingerprint density at radius 3 is 2.25 bits per heavy atom. The molecule has 134 valence electrons. The Kier molecular flexibility index (Phi) is 6.58. The fraction of sp³-hybridized carbons (Fsp3) is 0.600. The van der Waals surface area contributed by atoms with Crippen molar-refractivity contribution in [3.8, 4) is 5.75 Å². The average molecular weight is 334 g/mol. The lowest BCUT2D eigenvalue weighted by molar-refractivity contribution is -0.139. The van der Waals surface area contributed by atoms with E-state index in [0.717, 1.165) is 23.1 Å². The summed E-state index contributed by atoms with van der Waals surface area (Å²) in [5, 5.41) is 9.21. The van der Waals surface area contributed by atoms with Crippen molar-refractivity contribution in [1.82, 2.24) is 0 Å². The van der Waals surface area contributed by atoms with Gasteiger partial charge in [0.15, 0.2) is 0 Å². The number of hydrogen-bond donors (Lipinski definition) is 1. The molecule has 1 aromatic carbocycles. The number of carboxylic acids is 1. The first kappa shape index (κ1) is 20.2. The minimum atomic E-state index is -0.870. The molecule has 1 atom stereocenters. The Hall–Kier alpha value is -1.84. The predicted octanol–water partition coefficient (Wildman–Crippen LogP) is 4.64. The number of esters is 1. The van der Waals surface area contributed by atoms with E-state index < -0.39 is 11.4 Å². The number of benzene rings is 1. The Labute approximate surface area is 145 Å². The zero-order valence-corrected chi connectivity index (χ0v) is 15.9. The number of aliphatic carboxylic acids is 1. The minimum Gasteiger partial charge on any atom is -0.481 e. The van der Waals surface area contributed by atoms with Gasteiger partial charge in [0, 0.05) is 11.0 Å². The number of ether oxygens (including phenoxy) is 1. The van der Waals surface area contributed by atoms with Gasteiger partial charge in [0.05, 0.1) is 12.3 Å². The SMILES string of the molecule is Cc1cc(C)c(C(C)(C)CC(=O)O)c(OC(=O)C(C)CC(C)C)c1. The molecule has 24 heavy (non-hydrogen) atoms.